The van der Waals surface area contributed by atoms with Crippen LogP contribution >= 0.6 is 11.6 Å². The molecule has 0 amide bonds. The molecule has 0 aliphatic carbocycles. The third-order valence-electron chi connectivity index (χ3n) is 3.13. The SMILES string of the molecule is C#CCn1ncc(Cl)c(NCC2CCS(=O)(=O)C2)c1=O. The van der Waals surface area contributed by atoms with Crippen molar-refractivity contribution in [1.82, 2.24) is 9.78 Å². The van der Waals surface area contributed by atoms with Crippen molar-refractivity contribution in [2.24, 2.45) is 5.92 Å². The van der Waals surface area contributed by atoms with Gasteiger partial charge < -0.3 is 5.32 Å². The number of hydrogen-bond acceptors (Lipinski definition) is 5. The molecule has 1 N–H and O–H groups in total. The second-order valence-corrected chi connectivity index (χ2v) is 7.32. The topological polar surface area (TPSA) is 81.1 Å². The lowest BCUT2D eigenvalue weighted by atomic mass is 10.1. The Labute approximate surface area is 122 Å². The highest BCUT2D eigenvalue weighted by molar-refractivity contribution is 7.91. The van der Waals surface area contributed by atoms with Crippen LogP contribution in [0, 0.1) is 18.3 Å². The fourth-order valence-electron chi connectivity index (χ4n) is 2.11. The van der Waals surface area contributed by atoms with Gasteiger partial charge in [0.15, 0.2) is 9.84 Å². The molecule has 6 nitrogen and oxygen atoms in total. The Kier molecular flexibility index (Phi) is 4.35. The molecular weight excluding hydrogens is 302 g/mol. The third-order valence-corrected chi connectivity index (χ3v) is 5.26. The van der Waals surface area contributed by atoms with E-state index >= 15 is 0 Å². The fraction of sp³-hybridized carbons (Fsp3) is 0.500. The number of aromatic nitrogens is 2. The monoisotopic (exact) mass is 315 g/mol. The lowest BCUT2D eigenvalue weighted by molar-refractivity contribution is 0.595. The maximum absolute atomic E-state index is 12.1. The van der Waals surface area contributed by atoms with E-state index in [0.29, 0.717) is 13.0 Å². The number of anilines is 1. The lowest BCUT2D eigenvalue weighted by Gasteiger charge is -2.12. The summed E-state index contributed by atoms with van der Waals surface area (Å²) in [7, 11) is -2.93. The van der Waals surface area contributed by atoms with E-state index in [1.165, 1.54) is 6.20 Å². The van der Waals surface area contributed by atoms with Crippen LogP contribution in [0.15, 0.2) is 11.0 Å². The first-order valence-corrected chi connectivity index (χ1v) is 8.26. The third kappa shape index (κ3) is 3.32. The van der Waals surface area contributed by atoms with E-state index in [1.54, 1.807) is 0 Å². The molecular formula is C12H14ClN3O3S. The Balaban J connectivity index is 2.12. The van der Waals surface area contributed by atoms with Crippen LogP contribution in [0.1, 0.15) is 6.42 Å². The Morgan fingerprint density at radius 2 is 2.35 bits per heavy atom. The Bertz CT molecular complexity index is 706. The molecule has 1 aromatic heterocycles. The first-order valence-electron chi connectivity index (χ1n) is 6.06. The Morgan fingerprint density at radius 1 is 1.60 bits per heavy atom. The fourth-order valence-corrected chi connectivity index (χ4v) is 4.16. The standard InChI is InChI=1S/C12H14ClN3O3S/c1-2-4-16-12(17)11(10(13)7-15-16)14-6-9-3-5-20(18,19)8-9/h1,7,9,14H,3-6,8H2. The van der Waals surface area contributed by atoms with Crippen molar-refractivity contribution in [3.05, 3.63) is 21.6 Å². The minimum atomic E-state index is -2.93. The summed E-state index contributed by atoms with van der Waals surface area (Å²) >= 11 is 5.93. The molecule has 0 saturated carbocycles. The summed E-state index contributed by atoms with van der Waals surface area (Å²) in [6.45, 7) is 0.441. The number of sulfone groups is 1. The van der Waals surface area contributed by atoms with Gasteiger partial charge in [-0.3, -0.25) is 4.79 Å². The predicted octanol–water partition coefficient (Wildman–Crippen LogP) is 0.377. The van der Waals surface area contributed by atoms with Gasteiger partial charge in [0.25, 0.3) is 5.56 Å². The van der Waals surface area contributed by atoms with Crippen LogP contribution in [0.2, 0.25) is 5.02 Å². The Hall–Kier alpha value is -1.52. The van der Waals surface area contributed by atoms with Crippen molar-refractivity contribution in [3.63, 3.8) is 0 Å². The van der Waals surface area contributed by atoms with Crippen molar-refractivity contribution in [1.29, 1.82) is 0 Å². The maximum atomic E-state index is 12.1. The van der Waals surface area contributed by atoms with Crippen molar-refractivity contribution in [3.8, 4) is 12.3 Å². The highest BCUT2D eigenvalue weighted by atomic mass is 35.5. The minimum absolute atomic E-state index is 0.00952. The largest absolute Gasteiger partial charge is 0.379 e. The molecule has 8 heteroatoms. The summed E-state index contributed by atoms with van der Waals surface area (Å²) in [6.07, 6.45) is 7.09. The van der Waals surface area contributed by atoms with E-state index < -0.39 is 15.4 Å². The lowest BCUT2D eigenvalue weighted by Crippen LogP contribution is -2.27. The Morgan fingerprint density at radius 3 is 2.95 bits per heavy atom. The summed E-state index contributed by atoms with van der Waals surface area (Å²) in [5.41, 5.74) is -0.197. The van der Waals surface area contributed by atoms with Gasteiger partial charge in [-0.05, 0) is 12.3 Å². The maximum Gasteiger partial charge on any atom is 0.292 e. The van der Waals surface area contributed by atoms with Gasteiger partial charge in [0.2, 0.25) is 0 Å². The van der Waals surface area contributed by atoms with Crippen LogP contribution < -0.4 is 10.9 Å². The van der Waals surface area contributed by atoms with E-state index in [4.69, 9.17) is 18.0 Å². The van der Waals surface area contributed by atoms with E-state index in [-0.39, 0.29) is 34.7 Å². The number of nitrogens with zero attached hydrogens (tertiary/aromatic N) is 2. The van der Waals surface area contributed by atoms with Crippen molar-refractivity contribution >= 4 is 27.1 Å². The van der Waals surface area contributed by atoms with Gasteiger partial charge in [0.05, 0.1) is 22.7 Å². The van der Waals surface area contributed by atoms with Gasteiger partial charge >= 0.3 is 0 Å². The van der Waals surface area contributed by atoms with Crippen LogP contribution in [-0.2, 0) is 16.4 Å². The highest BCUT2D eigenvalue weighted by Crippen LogP contribution is 2.20. The van der Waals surface area contributed by atoms with Crippen LogP contribution in [0.3, 0.4) is 0 Å². The molecule has 1 aromatic rings. The first kappa shape index (κ1) is 14.9. The van der Waals surface area contributed by atoms with Crippen LogP contribution in [0.4, 0.5) is 5.69 Å². The van der Waals surface area contributed by atoms with E-state index in [9.17, 15) is 13.2 Å². The molecule has 0 spiro atoms. The quantitative estimate of drug-likeness (QED) is 0.812. The molecule has 0 bridgehead atoms. The molecule has 20 heavy (non-hydrogen) atoms. The highest BCUT2D eigenvalue weighted by Gasteiger charge is 2.27. The first-order chi connectivity index (χ1) is 9.43. The zero-order valence-electron chi connectivity index (χ0n) is 10.7. The van der Waals surface area contributed by atoms with Gasteiger partial charge in [-0.25, -0.2) is 13.1 Å². The van der Waals surface area contributed by atoms with E-state index in [0.717, 1.165) is 4.68 Å². The molecule has 0 aromatic carbocycles. The van der Waals surface area contributed by atoms with Gasteiger partial charge in [0, 0.05) is 6.54 Å². The van der Waals surface area contributed by atoms with E-state index in [2.05, 4.69) is 16.3 Å². The van der Waals surface area contributed by atoms with Gasteiger partial charge in [-0.2, -0.15) is 5.10 Å². The summed E-state index contributed by atoms with van der Waals surface area (Å²) < 4.78 is 23.9. The van der Waals surface area contributed by atoms with Crippen LogP contribution in [0.5, 0.6) is 0 Å². The minimum Gasteiger partial charge on any atom is -0.379 e. The number of rotatable bonds is 4. The molecule has 1 fully saturated rings. The molecule has 1 aliphatic heterocycles. The molecule has 2 heterocycles. The smallest absolute Gasteiger partial charge is 0.292 e. The van der Waals surface area contributed by atoms with Crippen molar-refractivity contribution in [2.45, 2.75) is 13.0 Å². The van der Waals surface area contributed by atoms with Gasteiger partial charge in [0.1, 0.15) is 12.2 Å². The number of terminal acetylenes is 1. The molecule has 108 valence electrons. The molecule has 1 unspecified atom stereocenters. The van der Waals surface area contributed by atoms with Crippen molar-refractivity contribution < 1.29 is 8.42 Å². The second-order valence-electron chi connectivity index (χ2n) is 4.68. The summed E-state index contributed by atoms with van der Waals surface area (Å²) in [5.74, 6) is 2.66. The molecule has 1 atom stereocenters. The van der Waals surface area contributed by atoms with Crippen LogP contribution in [0.25, 0.3) is 0 Å². The van der Waals surface area contributed by atoms with Gasteiger partial charge in [-0.1, -0.05) is 17.5 Å². The predicted molar refractivity (Wildman–Crippen MR) is 77.6 cm³/mol. The average Bonchev–Trinajstić information content (AvgIpc) is 2.72. The summed E-state index contributed by atoms with van der Waals surface area (Å²) in [5, 5.41) is 6.94. The average molecular weight is 316 g/mol. The molecule has 1 saturated heterocycles. The number of nitrogens with one attached hydrogen (secondary N) is 1. The zero-order chi connectivity index (χ0) is 14.8. The summed E-state index contributed by atoms with van der Waals surface area (Å²) in [4.78, 5) is 12.1. The number of halogens is 1. The molecule has 2 rings (SSSR count). The number of hydrogen-bond donors (Lipinski definition) is 1. The zero-order valence-corrected chi connectivity index (χ0v) is 12.2. The van der Waals surface area contributed by atoms with Crippen LogP contribution in [-0.4, -0.2) is 36.2 Å². The second kappa shape index (κ2) is 5.85. The summed E-state index contributed by atoms with van der Waals surface area (Å²) in [6, 6.07) is 0. The van der Waals surface area contributed by atoms with Crippen molar-refractivity contribution in [2.75, 3.05) is 23.4 Å². The van der Waals surface area contributed by atoms with Gasteiger partial charge in [-0.15, -0.1) is 6.42 Å². The molecule has 1 aliphatic rings. The normalized spacial score (nSPS) is 20.5. The van der Waals surface area contributed by atoms with E-state index in [1.807, 2.05) is 0 Å². The molecule has 0 radical (unpaired) electrons.